The SMILES string of the molecule is O=C(CCCl)NC1C2CC3CC(C2)CC1C3. The summed E-state index contributed by atoms with van der Waals surface area (Å²) in [6.07, 6.45) is 7.38. The summed E-state index contributed by atoms with van der Waals surface area (Å²) in [5.41, 5.74) is 0. The molecule has 1 N–H and O–H groups in total. The van der Waals surface area contributed by atoms with Crippen LogP contribution in [0.25, 0.3) is 0 Å². The molecule has 4 bridgehead atoms. The lowest BCUT2D eigenvalue weighted by molar-refractivity contribution is -0.124. The van der Waals surface area contributed by atoms with Crippen LogP contribution < -0.4 is 5.32 Å². The summed E-state index contributed by atoms with van der Waals surface area (Å²) in [7, 11) is 0. The molecule has 0 radical (unpaired) electrons. The maximum Gasteiger partial charge on any atom is 0.221 e. The normalized spacial score (nSPS) is 44.7. The van der Waals surface area contributed by atoms with Crippen LogP contribution in [0.4, 0.5) is 0 Å². The summed E-state index contributed by atoms with van der Waals surface area (Å²) >= 11 is 5.60. The Labute approximate surface area is 102 Å². The van der Waals surface area contributed by atoms with Gasteiger partial charge >= 0.3 is 0 Å². The molecule has 4 rings (SSSR count). The zero-order valence-electron chi connectivity index (χ0n) is 9.62. The second-order valence-electron chi connectivity index (χ2n) is 5.96. The van der Waals surface area contributed by atoms with Crippen molar-refractivity contribution in [1.82, 2.24) is 5.32 Å². The predicted molar refractivity (Wildman–Crippen MR) is 64.3 cm³/mol. The van der Waals surface area contributed by atoms with Gasteiger partial charge in [-0.05, 0) is 55.8 Å². The van der Waals surface area contributed by atoms with E-state index in [1.165, 1.54) is 32.1 Å². The van der Waals surface area contributed by atoms with E-state index in [1.807, 2.05) is 0 Å². The maximum atomic E-state index is 11.6. The molecular weight excluding hydrogens is 222 g/mol. The Morgan fingerprint density at radius 2 is 1.62 bits per heavy atom. The Bertz CT molecular complexity index is 264. The Hall–Kier alpha value is -0.240. The third-order valence-electron chi connectivity index (χ3n) is 4.88. The maximum absolute atomic E-state index is 11.6. The minimum absolute atomic E-state index is 0.160. The van der Waals surface area contributed by atoms with E-state index in [1.54, 1.807) is 0 Å². The third-order valence-corrected chi connectivity index (χ3v) is 5.06. The Balaban J connectivity index is 1.65. The van der Waals surface area contributed by atoms with Gasteiger partial charge in [0.05, 0.1) is 0 Å². The van der Waals surface area contributed by atoms with Crippen LogP contribution in [0.1, 0.15) is 38.5 Å². The number of hydrogen-bond donors (Lipinski definition) is 1. The number of amides is 1. The lowest BCUT2D eigenvalue weighted by Crippen LogP contribution is -2.55. The zero-order valence-corrected chi connectivity index (χ0v) is 10.4. The molecule has 0 aliphatic heterocycles. The molecule has 0 spiro atoms. The fraction of sp³-hybridized carbons (Fsp3) is 0.923. The first-order chi connectivity index (χ1) is 7.76. The fourth-order valence-electron chi connectivity index (χ4n) is 4.50. The molecule has 2 nitrogen and oxygen atoms in total. The van der Waals surface area contributed by atoms with Crippen LogP contribution in [-0.2, 0) is 4.79 Å². The molecule has 0 heterocycles. The van der Waals surface area contributed by atoms with Crippen LogP contribution >= 0.6 is 11.6 Å². The van der Waals surface area contributed by atoms with Crippen molar-refractivity contribution in [2.45, 2.75) is 44.6 Å². The fourth-order valence-corrected chi connectivity index (χ4v) is 4.68. The standard InChI is InChI=1S/C13H20ClNO/c14-2-1-12(16)15-13-10-4-8-3-9(6-10)7-11(13)5-8/h8-11,13H,1-7H2,(H,15,16). The summed E-state index contributed by atoms with van der Waals surface area (Å²) in [5, 5.41) is 3.24. The summed E-state index contributed by atoms with van der Waals surface area (Å²) in [6, 6.07) is 0.475. The molecule has 90 valence electrons. The van der Waals surface area contributed by atoms with E-state index < -0.39 is 0 Å². The highest BCUT2D eigenvalue weighted by molar-refractivity contribution is 6.18. The first kappa shape index (κ1) is 10.9. The van der Waals surface area contributed by atoms with Gasteiger partial charge in [-0.1, -0.05) is 0 Å². The quantitative estimate of drug-likeness (QED) is 0.756. The minimum Gasteiger partial charge on any atom is -0.353 e. The summed E-state index contributed by atoms with van der Waals surface area (Å²) < 4.78 is 0. The largest absolute Gasteiger partial charge is 0.353 e. The first-order valence-corrected chi connectivity index (χ1v) is 7.15. The van der Waals surface area contributed by atoms with Crippen molar-refractivity contribution in [2.75, 3.05) is 5.88 Å². The highest BCUT2D eigenvalue weighted by Gasteiger charge is 2.48. The monoisotopic (exact) mass is 241 g/mol. The molecule has 16 heavy (non-hydrogen) atoms. The van der Waals surface area contributed by atoms with Crippen molar-refractivity contribution in [2.24, 2.45) is 23.7 Å². The van der Waals surface area contributed by atoms with Crippen LogP contribution in [0.2, 0.25) is 0 Å². The zero-order chi connectivity index (χ0) is 11.1. The molecule has 0 atom stereocenters. The smallest absolute Gasteiger partial charge is 0.221 e. The summed E-state index contributed by atoms with van der Waals surface area (Å²) in [5.74, 6) is 4.10. The topological polar surface area (TPSA) is 29.1 Å². The third kappa shape index (κ3) is 1.85. The number of carbonyl (C=O) groups excluding carboxylic acids is 1. The van der Waals surface area contributed by atoms with E-state index in [4.69, 9.17) is 11.6 Å². The first-order valence-electron chi connectivity index (χ1n) is 6.61. The van der Waals surface area contributed by atoms with Crippen molar-refractivity contribution < 1.29 is 4.79 Å². The van der Waals surface area contributed by atoms with Crippen LogP contribution in [0.3, 0.4) is 0 Å². The van der Waals surface area contributed by atoms with Crippen LogP contribution in [0, 0.1) is 23.7 Å². The van der Waals surface area contributed by atoms with Crippen molar-refractivity contribution in [1.29, 1.82) is 0 Å². The van der Waals surface area contributed by atoms with E-state index in [0.717, 1.165) is 23.7 Å². The second-order valence-corrected chi connectivity index (χ2v) is 6.34. The molecule has 0 saturated heterocycles. The van der Waals surface area contributed by atoms with E-state index >= 15 is 0 Å². The number of hydrogen-bond acceptors (Lipinski definition) is 1. The molecule has 3 heteroatoms. The highest BCUT2D eigenvalue weighted by Crippen LogP contribution is 2.53. The van der Waals surface area contributed by atoms with Crippen molar-refractivity contribution in [3.63, 3.8) is 0 Å². The van der Waals surface area contributed by atoms with Crippen LogP contribution in [0.15, 0.2) is 0 Å². The lowest BCUT2D eigenvalue weighted by Gasteiger charge is -2.54. The number of carbonyl (C=O) groups is 1. The number of alkyl halides is 1. The molecular formula is C13H20ClNO. The molecule has 4 aliphatic rings. The van der Waals surface area contributed by atoms with Crippen LogP contribution in [0.5, 0.6) is 0 Å². The average Bonchev–Trinajstić information content (AvgIpc) is 2.23. The van der Waals surface area contributed by atoms with Gasteiger partial charge in [-0.15, -0.1) is 11.6 Å². The molecule has 0 aromatic rings. The lowest BCUT2D eigenvalue weighted by atomic mass is 9.54. The number of halogens is 1. The van der Waals surface area contributed by atoms with Gasteiger partial charge < -0.3 is 5.32 Å². The van der Waals surface area contributed by atoms with E-state index in [2.05, 4.69) is 5.32 Å². The van der Waals surface area contributed by atoms with Crippen LogP contribution in [-0.4, -0.2) is 17.8 Å². The Morgan fingerprint density at radius 1 is 1.06 bits per heavy atom. The van der Waals surface area contributed by atoms with Crippen molar-refractivity contribution >= 4 is 17.5 Å². The van der Waals surface area contributed by atoms with Crippen molar-refractivity contribution in [3.05, 3.63) is 0 Å². The van der Waals surface area contributed by atoms with E-state index in [-0.39, 0.29) is 5.91 Å². The minimum atomic E-state index is 0.160. The highest BCUT2D eigenvalue weighted by atomic mass is 35.5. The molecule has 4 aliphatic carbocycles. The number of rotatable bonds is 3. The molecule has 1 amide bonds. The molecule has 0 aromatic heterocycles. The van der Waals surface area contributed by atoms with Gasteiger partial charge in [-0.25, -0.2) is 0 Å². The van der Waals surface area contributed by atoms with Gasteiger partial charge in [0.25, 0.3) is 0 Å². The Morgan fingerprint density at radius 3 is 2.12 bits per heavy atom. The van der Waals surface area contributed by atoms with Gasteiger partial charge in [0.2, 0.25) is 5.91 Å². The van der Waals surface area contributed by atoms with E-state index in [0.29, 0.717) is 18.3 Å². The summed E-state index contributed by atoms with van der Waals surface area (Å²) in [4.78, 5) is 11.6. The summed E-state index contributed by atoms with van der Waals surface area (Å²) in [6.45, 7) is 0. The van der Waals surface area contributed by atoms with Gasteiger partial charge in [-0.3, -0.25) is 4.79 Å². The predicted octanol–water partition coefficient (Wildman–Crippen LogP) is 2.56. The molecule has 0 aromatic carbocycles. The Kier molecular flexibility index (Phi) is 2.87. The van der Waals surface area contributed by atoms with Gasteiger partial charge in [0.1, 0.15) is 0 Å². The van der Waals surface area contributed by atoms with Gasteiger partial charge in [-0.2, -0.15) is 0 Å². The van der Waals surface area contributed by atoms with Gasteiger partial charge in [0.15, 0.2) is 0 Å². The van der Waals surface area contributed by atoms with E-state index in [9.17, 15) is 4.79 Å². The number of nitrogens with one attached hydrogen (secondary N) is 1. The average molecular weight is 242 g/mol. The van der Waals surface area contributed by atoms with Gasteiger partial charge in [0, 0.05) is 18.3 Å². The molecule has 0 unspecified atom stereocenters. The second kappa shape index (κ2) is 4.21. The molecule has 4 saturated carbocycles. The molecule has 4 fully saturated rings. The van der Waals surface area contributed by atoms with Crippen molar-refractivity contribution in [3.8, 4) is 0 Å².